The molecule has 0 fully saturated rings. The molecule has 7 N–H and O–H groups in total. The molecule has 0 saturated heterocycles. The minimum atomic E-state index is -1.12. The first-order valence-electron chi connectivity index (χ1n) is 11.1. The lowest BCUT2D eigenvalue weighted by Gasteiger charge is -2.05. The Balaban J connectivity index is 0. The number of carbonyl (C=O) groups excluding carboxylic acids is 2. The fourth-order valence-electron chi connectivity index (χ4n) is 2.45. The fraction of sp³-hybridized carbons (Fsp3) is 0.810. The number of carboxylic acids is 2. The molecule has 32 heavy (non-hydrogen) atoms. The first kappa shape index (κ1) is 32.1. The van der Waals surface area contributed by atoms with Gasteiger partial charge in [0.05, 0.1) is 0 Å². The number of Topliss-reactive ketones (excluding diaryl/α,β-unsaturated/α-hetero) is 1. The lowest BCUT2D eigenvalue weighted by Crippen LogP contribution is -2.29. The zero-order chi connectivity index (χ0) is 24.5. The van der Waals surface area contributed by atoms with Crippen LogP contribution in [0.4, 0.5) is 0 Å². The molecule has 0 saturated carbocycles. The van der Waals surface area contributed by atoms with E-state index in [1.54, 1.807) is 0 Å². The van der Waals surface area contributed by atoms with Gasteiger partial charge in [-0.3, -0.25) is 9.59 Å². The van der Waals surface area contributed by atoms with Crippen molar-refractivity contribution in [3.05, 3.63) is 0 Å². The maximum Gasteiger partial charge on any atom is 0.329 e. The second kappa shape index (κ2) is 25.2. The molecule has 0 aromatic rings. The SMILES string of the molecule is NCCCCCCN.O=C(O)COCC(=O)CCCCCCCNC(=O)COCC(=O)O. The van der Waals surface area contributed by atoms with Gasteiger partial charge in [-0.25, -0.2) is 9.59 Å². The Morgan fingerprint density at radius 3 is 1.62 bits per heavy atom. The molecule has 0 spiro atoms. The highest BCUT2D eigenvalue weighted by molar-refractivity contribution is 5.80. The Morgan fingerprint density at radius 2 is 1.09 bits per heavy atom. The van der Waals surface area contributed by atoms with Gasteiger partial charge in [0.25, 0.3) is 0 Å². The molecule has 0 bridgehead atoms. The molecule has 188 valence electrons. The van der Waals surface area contributed by atoms with Crippen molar-refractivity contribution in [1.82, 2.24) is 5.32 Å². The van der Waals surface area contributed by atoms with E-state index in [1.807, 2.05) is 0 Å². The zero-order valence-electron chi connectivity index (χ0n) is 19.0. The van der Waals surface area contributed by atoms with Gasteiger partial charge in [-0.2, -0.15) is 0 Å². The van der Waals surface area contributed by atoms with Crippen LogP contribution < -0.4 is 16.8 Å². The molecule has 0 heterocycles. The van der Waals surface area contributed by atoms with Gasteiger partial charge in [-0.1, -0.05) is 32.1 Å². The summed E-state index contributed by atoms with van der Waals surface area (Å²) < 4.78 is 9.34. The third-order valence-corrected chi connectivity index (χ3v) is 4.06. The Hall–Kier alpha value is -2.08. The van der Waals surface area contributed by atoms with Gasteiger partial charge < -0.3 is 36.5 Å². The maximum atomic E-state index is 11.3. The first-order valence-corrected chi connectivity index (χ1v) is 11.1. The molecule has 0 rings (SSSR count). The summed E-state index contributed by atoms with van der Waals surface area (Å²) in [6.07, 6.45) is 9.39. The number of carbonyl (C=O) groups is 4. The number of nitrogens with one attached hydrogen (secondary N) is 1. The van der Waals surface area contributed by atoms with Crippen molar-refractivity contribution in [2.24, 2.45) is 11.5 Å². The second-order valence-corrected chi connectivity index (χ2v) is 7.17. The summed E-state index contributed by atoms with van der Waals surface area (Å²) in [6, 6.07) is 0. The van der Waals surface area contributed by atoms with Gasteiger partial charge in [0.15, 0.2) is 5.78 Å². The lowest BCUT2D eigenvalue weighted by atomic mass is 10.1. The van der Waals surface area contributed by atoms with Crippen molar-refractivity contribution in [3.8, 4) is 0 Å². The minimum absolute atomic E-state index is 0.107. The van der Waals surface area contributed by atoms with Crippen LogP contribution in [0.3, 0.4) is 0 Å². The zero-order valence-corrected chi connectivity index (χ0v) is 19.0. The van der Waals surface area contributed by atoms with Crippen molar-refractivity contribution in [1.29, 1.82) is 0 Å². The summed E-state index contributed by atoms with van der Waals surface area (Å²) in [5.74, 6) is -2.66. The Bertz CT molecular complexity index is 459. The molecule has 0 aliphatic heterocycles. The van der Waals surface area contributed by atoms with Gasteiger partial charge in [-0.05, 0) is 38.8 Å². The van der Waals surface area contributed by atoms with E-state index in [1.165, 1.54) is 12.8 Å². The Morgan fingerprint density at radius 1 is 0.625 bits per heavy atom. The van der Waals surface area contributed by atoms with Gasteiger partial charge in [0.2, 0.25) is 5.91 Å². The summed E-state index contributed by atoms with van der Waals surface area (Å²) in [5.41, 5.74) is 10.6. The molecule has 0 aliphatic rings. The third kappa shape index (κ3) is 30.1. The number of hydrogen-bond donors (Lipinski definition) is 5. The van der Waals surface area contributed by atoms with E-state index in [0.29, 0.717) is 13.0 Å². The van der Waals surface area contributed by atoms with Crippen LogP contribution in [0, 0.1) is 0 Å². The molecule has 0 aromatic carbocycles. The average Bonchev–Trinajstić information content (AvgIpc) is 2.73. The molecular formula is C21H41N3O8. The van der Waals surface area contributed by atoms with Crippen LogP contribution in [0.15, 0.2) is 0 Å². The number of rotatable bonds is 21. The van der Waals surface area contributed by atoms with E-state index in [4.69, 9.17) is 26.4 Å². The number of nitrogens with two attached hydrogens (primary N) is 2. The van der Waals surface area contributed by atoms with Gasteiger partial charge in [0.1, 0.15) is 26.4 Å². The molecule has 0 unspecified atom stereocenters. The van der Waals surface area contributed by atoms with Crippen molar-refractivity contribution in [3.63, 3.8) is 0 Å². The highest BCUT2D eigenvalue weighted by Crippen LogP contribution is 2.05. The molecule has 0 radical (unpaired) electrons. The van der Waals surface area contributed by atoms with E-state index in [-0.39, 0.29) is 24.9 Å². The smallest absolute Gasteiger partial charge is 0.329 e. The van der Waals surface area contributed by atoms with Gasteiger partial charge in [-0.15, -0.1) is 0 Å². The predicted molar refractivity (Wildman–Crippen MR) is 119 cm³/mol. The summed E-state index contributed by atoms with van der Waals surface area (Å²) in [7, 11) is 0. The number of ether oxygens (including phenoxy) is 2. The number of amides is 1. The lowest BCUT2D eigenvalue weighted by molar-refractivity contribution is -0.144. The van der Waals surface area contributed by atoms with Gasteiger partial charge in [0, 0.05) is 13.0 Å². The number of hydrogen-bond acceptors (Lipinski definition) is 8. The van der Waals surface area contributed by atoms with Crippen LogP contribution in [-0.2, 0) is 28.7 Å². The van der Waals surface area contributed by atoms with E-state index in [9.17, 15) is 19.2 Å². The van der Waals surface area contributed by atoms with Crippen molar-refractivity contribution in [2.45, 2.75) is 64.2 Å². The van der Waals surface area contributed by atoms with Gasteiger partial charge >= 0.3 is 11.9 Å². The van der Waals surface area contributed by atoms with Crippen LogP contribution in [0.5, 0.6) is 0 Å². The van der Waals surface area contributed by atoms with Crippen molar-refractivity contribution >= 4 is 23.6 Å². The first-order chi connectivity index (χ1) is 15.3. The van der Waals surface area contributed by atoms with E-state index >= 15 is 0 Å². The molecule has 11 heteroatoms. The third-order valence-electron chi connectivity index (χ3n) is 4.06. The monoisotopic (exact) mass is 463 g/mol. The highest BCUT2D eigenvalue weighted by atomic mass is 16.5. The number of unbranched alkanes of at least 4 members (excludes halogenated alkanes) is 7. The van der Waals surface area contributed by atoms with Crippen LogP contribution >= 0.6 is 0 Å². The summed E-state index contributed by atoms with van der Waals surface area (Å²) in [6.45, 7) is 0.763. The molecule has 0 aliphatic carbocycles. The molecule has 1 amide bonds. The summed E-state index contributed by atoms with van der Waals surface area (Å²) in [4.78, 5) is 43.0. The quantitative estimate of drug-likeness (QED) is 0.151. The Kier molecular flexibility index (Phi) is 25.3. The standard InChI is InChI=1S/C15H25NO8.C6H16N2/c17-12(8-23-10-14(19)20)6-4-2-1-3-5-7-16-13(18)9-24-11-15(21)22;7-5-3-1-2-4-6-8/h1-11H2,(H,16,18)(H,19,20)(H,21,22);1-8H2. The molecule has 11 nitrogen and oxygen atoms in total. The van der Waals surface area contributed by atoms with Crippen LogP contribution in [0.1, 0.15) is 64.2 Å². The largest absolute Gasteiger partial charge is 0.480 e. The number of ketones is 1. The van der Waals surface area contributed by atoms with Crippen LogP contribution in [0.2, 0.25) is 0 Å². The van der Waals surface area contributed by atoms with Crippen molar-refractivity contribution < 1.29 is 38.9 Å². The summed E-state index contributed by atoms with van der Waals surface area (Å²) >= 11 is 0. The molecular weight excluding hydrogens is 422 g/mol. The molecule has 0 aromatic heterocycles. The summed E-state index contributed by atoms with van der Waals surface area (Å²) in [5, 5.41) is 19.3. The highest BCUT2D eigenvalue weighted by Gasteiger charge is 2.05. The van der Waals surface area contributed by atoms with E-state index in [0.717, 1.165) is 58.0 Å². The minimum Gasteiger partial charge on any atom is -0.480 e. The number of aliphatic carboxylic acids is 2. The topological polar surface area (TPSA) is 191 Å². The Labute approximate surface area is 190 Å². The second-order valence-electron chi connectivity index (χ2n) is 7.17. The molecule has 0 atom stereocenters. The maximum absolute atomic E-state index is 11.3. The van der Waals surface area contributed by atoms with Crippen LogP contribution in [0.25, 0.3) is 0 Å². The van der Waals surface area contributed by atoms with Crippen LogP contribution in [-0.4, -0.2) is 79.9 Å². The normalized spacial score (nSPS) is 10.2. The average molecular weight is 464 g/mol. The fourth-order valence-corrected chi connectivity index (χ4v) is 2.45. The predicted octanol–water partition coefficient (Wildman–Crippen LogP) is 0.679. The number of carboxylic acid groups (broad SMARTS) is 2. The van der Waals surface area contributed by atoms with E-state index < -0.39 is 25.2 Å². The van der Waals surface area contributed by atoms with E-state index in [2.05, 4.69) is 10.1 Å². The van der Waals surface area contributed by atoms with Crippen molar-refractivity contribution in [2.75, 3.05) is 46.1 Å².